The largest absolute Gasteiger partial charge is 1.00 e. The van der Waals surface area contributed by atoms with Gasteiger partial charge in [-0.3, -0.25) is 0 Å². The molecule has 1 heterocycles. The van der Waals surface area contributed by atoms with Gasteiger partial charge >= 0.3 is 12.2 Å². The molecule has 0 aliphatic carbocycles. The third-order valence-electron chi connectivity index (χ3n) is 4.54. The van der Waals surface area contributed by atoms with Gasteiger partial charge in [0.15, 0.2) is 12.4 Å². The summed E-state index contributed by atoms with van der Waals surface area (Å²) < 4.78 is 7.78. The molecular formula is C25H20ClNO2. The first-order valence-corrected chi connectivity index (χ1v) is 9.18. The van der Waals surface area contributed by atoms with E-state index in [0.717, 1.165) is 16.7 Å². The summed E-state index contributed by atoms with van der Waals surface area (Å²) in [6.45, 7) is 0. The van der Waals surface area contributed by atoms with Crippen LogP contribution < -0.4 is 17.0 Å². The van der Waals surface area contributed by atoms with Crippen LogP contribution in [-0.2, 0) is 4.74 Å². The highest BCUT2D eigenvalue weighted by Crippen LogP contribution is 2.20. The van der Waals surface area contributed by atoms with Gasteiger partial charge in [-0.25, -0.2) is 4.79 Å². The quantitative estimate of drug-likeness (QED) is 0.378. The fraction of sp³-hybridized carbons (Fsp3) is 0.0400. The zero-order valence-corrected chi connectivity index (χ0v) is 16.4. The molecule has 0 spiro atoms. The Labute approximate surface area is 176 Å². The normalized spacial score (nSPS) is 11.2. The first-order chi connectivity index (χ1) is 13.8. The third kappa shape index (κ3) is 4.89. The van der Waals surface area contributed by atoms with Gasteiger partial charge in [0.25, 0.3) is 0 Å². The first-order valence-electron chi connectivity index (χ1n) is 9.18. The summed E-state index contributed by atoms with van der Waals surface area (Å²) in [7, 11) is 0. The van der Waals surface area contributed by atoms with Crippen molar-refractivity contribution in [2.24, 2.45) is 0 Å². The topological polar surface area (TPSA) is 30.2 Å². The smallest absolute Gasteiger partial charge is 0.343 e. The molecule has 4 rings (SSSR count). The van der Waals surface area contributed by atoms with Gasteiger partial charge in [-0.1, -0.05) is 66.7 Å². The molecule has 0 bridgehead atoms. The number of ether oxygens (including phenoxy) is 1. The van der Waals surface area contributed by atoms with Crippen LogP contribution in [0.1, 0.15) is 22.1 Å². The molecule has 1 unspecified atom stereocenters. The predicted octanol–water partition coefficient (Wildman–Crippen LogP) is 2.05. The van der Waals surface area contributed by atoms with E-state index in [1.807, 2.05) is 95.8 Å². The lowest BCUT2D eigenvalue weighted by Gasteiger charge is -2.14. The van der Waals surface area contributed by atoms with Gasteiger partial charge in [0, 0.05) is 12.1 Å². The second kappa shape index (κ2) is 9.67. The van der Waals surface area contributed by atoms with E-state index in [1.54, 1.807) is 12.1 Å². The molecule has 1 atom stereocenters. The zero-order valence-electron chi connectivity index (χ0n) is 15.7. The lowest BCUT2D eigenvalue weighted by molar-refractivity contribution is -0.746. The lowest BCUT2D eigenvalue weighted by Crippen LogP contribution is -3.00. The molecule has 0 radical (unpaired) electrons. The van der Waals surface area contributed by atoms with E-state index in [1.165, 1.54) is 0 Å². The number of hydrogen-bond donors (Lipinski definition) is 0. The average molecular weight is 402 g/mol. The van der Waals surface area contributed by atoms with Crippen LogP contribution in [-0.4, -0.2) is 5.97 Å². The molecule has 0 saturated carbocycles. The first kappa shape index (κ1) is 20.3. The van der Waals surface area contributed by atoms with Gasteiger partial charge in [-0.2, -0.15) is 4.57 Å². The molecule has 29 heavy (non-hydrogen) atoms. The molecule has 0 saturated heterocycles. The second-order valence-electron chi connectivity index (χ2n) is 6.43. The fourth-order valence-corrected chi connectivity index (χ4v) is 3.08. The van der Waals surface area contributed by atoms with E-state index in [4.69, 9.17) is 4.74 Å². The Hall–Kier alpha value is -3.43. The number of carbonyl (C=O) groups is 1. The summed E-state index contributed by atoms with van der Waals surface area (Å²) in [4.78, 5) is 12.7. The molecule has 3 nitrogen and oxygen atoms in total. The Morgan fingerprint density at radius 3 is 1.72 bits per heavy atom. The molecule has 0 aliphatic rings. The third-order valence-corrected chi connectivity index (χ3v) is 4.54. The van der Waals surface area contributed by atoms with Gasteiger partial charge in [0.2, 0.25) is 0 Å². The van der Waals surface area contributed by atoms with Crippen molar-refractivity contribution in [1.29, 1.82) is 0 Å². The van der Waals surface area contributed by atoms with E-state index < -0.39 is 6.23 Å². The lowest BCUT2D eigenvalue weighted by atomic mass is 10.1. The van der Waals surface area contributed by atoms with Crippen molar-refractivity contribution in [3.05, 3.63) is 127 Å². The van der Waals surface area contributed by atoms with Gasteiger partial charge < -0.3 is 17.1 Å². The minimum Gasteiger partial charge on any atom is -1.00 e. The van der Waals surface area contributed by atoms with Crippen molar-refractivity contribution in [2.75, 3.05) is 0 Å². The van der Waals surface area contributed by atoms with E-state index in [-0.39, 0.29) is 18.4 Å². The van der Waals surface area contributed by atoms with Crippen LogP contribution in [0, 0.1) is 0 Å². The Morgan fingerprint density at radius 2 is 1.14 bits per heavy atom. The fourth-order valence-electron chi connectivity index (χ4n) is 3.08. The number of pyridine rings is 1. The highest BCUT2D eigenvalue weighted by atomic mass is 35.5. The average Bonchev–Trinajstić information content (AvgIpc) is 2.79. The van der Waals surface area contributed by atoms with Crippen LogP contribution >= 0.6 is 0 Å². The number of aromatic nitrogens is 1. The highest BCUT2D eigenvalue weighted by Gasteiger charge is 2.26. The van der Waals surface area contributed by atoms with Crippen molar-refractivity contribution < 1.29 is 26.5 Å². The monoisotopic (exact) mass is 401 g/mol. The van der Waals surface area contributed by atoms with Crippen LogP contribution in [0.2, 0.25) is 0 Å². The van der Waals surface area contributed by atoms with Gasteiger partial charge in [-0.15, -0.1) is 0 Å². The molecule has 0 fully saturated rings. The summed E-state index contributed by atoms with van der Waals surface area (Å²) in [5, 5.41) is 0. The maximum Gasteiger partial charge on any atom is 0.343 e. The molecule has 0 aliphatic heterocycles. The van der Waals surface area contributed by atoms with Gasteiger partial charge in [-0.05, 0) is 35.4 Å². The van der Waals surface area contributed by atoms with E-state index >= 15 is 0 Å². The number of benzene rings is 3. The number of rotatable bonds is 5. The Balaban J connectivity index is 0.00000240. The van der Waals surface area contributed by atoms with E-state index in [9.17, 15) is 4.79 Å². The summed E-state index contributed by atoms with van der Waals surface area (Å²) in [5.74, 6) is -0.353. The van der Waals surface area contributed by atoms with Crippen molar-refractivity contribution in [3.8, 4) is 11.1 Å². The van der Waals surface area contributed by atoms with Crippen molar-refractivity contribution in [3.63, 3.8) is 0 Å². The molecule has 0 N–H and O–H groups in total. The summed E-state index contributed by atoms with van der Waals surface area (Å²) in [5.41, 5.74) is 3.69. The summed E-state index contributed by atoms with van der Waals surface area (Å²) in [6.07, 6.45) is 3.34. The van der Waals surface area contributed by atoms with E-state index in [0.29, 0.717) is 5.56 Å². The summed E-state index contributed by atoms with van der Waals surface area (Å²) >= 11 is 0. The SMILES string of the molecule is O=C(OC(c1ccccc1)[n+]1ccc(-c2ccccc2)cc1)c1ccccc1.[Cl-]. The van der Waals surface area contributed by atoms with Crippen LogP contribution in [0.15, 0.2) is 116 Å². The molecule has 0 amide bonds. The van der Waals surface area contributed by atoms with Gasteiger partial charge in [0.05, 0.1) is 11.1 Å². The van der Waals surface area contributed by atoms with E-state index in [2.05, 4.69) is 12.1 Å². The Kier molecular flexibility index (Phi) is 6.77. The zero-order chi connectivity index (χ0) is 19.2. The summed E-state index contributed by atoms with van der Waals surface area (Å²) in [6, 6.07) is 33.0. The Morgan fingerprint density at radius 1 is 0.655 bits per heavy atom. The standard InChI is InChI=1S/C25H20NO2.ClH/c27-25(23-14-8-3-9-15-23)28-24(22-12-6-2-7-13-22)26-18-16-21(17-19-26)20-10-4-1-5-11-20;/h1-19,24H;1H/q+1;/p-1. The molecule has 3 aromatic carbocycles. The molecule has 144 valence electrons. The highest BCUT2D eigenvalue weighted by molar-refractivity contribution is 5.89. The van der Waals surface area contributed by atoms with Crippen LogP contribution in [0.5, 0.6) is 0 Å². The molecular weight excluding hydrogens is 382 g/mol. The number of hydrogen-bond acceptors (Lipinski definition) is 2. The maximum absolute atomic E-state index is 12.7. The van der Waals surface area contributed by atoms with Gasteiger partial charge in [0.1, 0.15) is 0 Å². The molecule has 1 aromatic heterocycles. The molecule has 4 heteroatoms. The van der Waals surface area contributed by atoms with Crippen molar-refractivity contribution in [1.82, 2.24) is 0 Å². The van der Waals surface area contributed by atoms with Crippen LogP contribution in [0.3, 0.4) is 0 Å². The minimum absolute atomic E-state index is 0. The second-order valence-corrected chi connectivity index (χ2v) is 6.43. The number of nitrogens with zero attached hydrogens (tertiary/aromatic N) is 1. The predicted molar refractivity (Wildman–Crippen MR) is 109 cm³/mol. The number of halogens is 1. The van der Waals surface area contributed by atoms with Crippen molar-refractivity contribution >= 4 is 5.97 Å². The number of esters is 1. The molecule has 4 aromatic rings. The minimum atomic E-state index is -0.543. The van der Waals surface area contributed by atoms with Crippen LogP contribution in [0.4, 0.5) is 0 Å². The van der Waals surface area contributed by atoms with Crippen LogP contribution in [0.25, 0.3) is 11.1 Å². The number of carbonyl (C=O) groups excluding carboxylic acids is 1. The maximum atomic E-state index is 12.7. The Bertz CT molecular complexity index is 1040. The van der Waals surface area contributed by atoms with Crippen molar-refractivity contribution in [2.45, 2.75) is 6.23 Å².